The quantitative estimate of drug-likeness (QED) is 0.690. The largest absolute Gasteiger partial charge is 0.236 e. The molecule has 0 aliphatic carbocycles. The minimum atomic E-state index is 0.810. The van der Waals surface area contributed by atoms with Crippen LogP contribution in [0.4, 0.5) is 0 Å². The fourth-order valence-electron chi connectivity index (χ4n) is 1.78. The van der Waals surface area contributed by atoms with Crippen molar-refractivity contribution in [3.63, 3.8) is 0 Å². The molecular weight excluding hydrogens is 236 g/mol. The van der Waals surface area contributed by atoms with Gasteiger partial charge >= 0.3 is 0 Å². The van der Waals surface area contributed by atoms with Crippen LogP contribution in [-0.4, -0.2) is 29.6 Å². The minimum absolute atomic E-state index is 0.810. The lowest BCUT2D eigenvalue weighted by Crippen LogP contribution is -2.01. The van der Waals surface area contributed by atoms with Crippen molar-refractivity contribution in [3.8, 4) is 5.13 Å². The Hall–Kier alpha value is -1.76. The molecule has 0 radical (unpaired) electrons. The van der Waals surface area contributed by atoms with Crippen molar-refractivity contribution in [2.45, 2.75) is 27.2 Å². The summed E-state index contributed by atoms with van der Waals surface area (Å²) in [7, 11) is 0. The molecule has 0 spiro atoms. The first-order valence-electron chi connectivity index (χ1n) is 5.44. The monoisotopic (exact) mass is 248 g/mol. The fraction of sp³-hybridized carbons (Fsp3) is 0.400. The molecule has 0 bridgehead atoms. The molecule has 6 nitrogen and oxygen atoms in total. The van der Waals surface area contributed by atoms with Crippen LogP contribution in [-0.2, 0) is 6.42 Å². The Labute approximate surface area is 102 Å². The third-order valence-electron chi connectivity index (χ3n) is 2.55. The average Bonchev–Trinajstić information content (AvgIpc) is 2.91. The topological polar surface area (TPSA) is 60.9 Å². The summed E-state index contributed by atoms with van der Waals surface area (Å²) in [6, 6.07) is 2.03. The van der Waals surface area contributed by atoms with Gasteiger partial charge in [0, 0.05) is 12.1 Å². The maximum Gasteiger partial charge on any atom is 0.236 e. The molecule has 3 aromatic rings. The molecule has 0 amide bonds. The number of hydrogen-bond donors (Lipinski definition) is 0. The van der Waals surface area contributed by atoms with Gasteiger partial charge in [0.1, 0.15) is 0 Å². The smallest absolute Gasteiger partial charge is 0.209 e. The summed E-state index contributed by atoms with van der Waals surface area (Å²) < 4.78 is 3.63. The fourth-order valence-corrected chi connectivity index (χ4v) is 2.65. The second kappa shape index (κ2) is 3.63. The number of nitrogens with zero attached hydrogens (tertiary/aromatic N) is 6. The molecule has 3 rings (SSSR count). The van der Waals surface area contributed by atoms with Gasteiger partial charge in [-0.2, -0.15) is 9.61 Å². The van der Waals surface area contributed by atoms with E-state index in [2.05, 4.69) is 20.4 Å². The molecule has 3 heterocycles. The van der Waals surface area contributed by atoms with Crippen molar-refractivity contribution in [2.75, 3.05) is 0 Å². The van der Waals surface area contributed by atoms with Crippen LogP contribution in [0.1, 0.15) is 24.1 Å². The Balaban J connectivity index is 2.18. The van der Waals surface area contributed by atoms with Gasteiger partial charge in [-0.05, 0) is 19.9 Å². The molecule has 0 unspecified atom stereocenters. The molecule has 0 aliphatic heterocycles. The Morgan fingerprint density at radius 2 is 2.06 bits per heavy atom. The average molecular weight is 248 g/mol. The molecule has 88 valence electrons. The number of aryl methyl sites for hydroxylation is 3. The molecule has 0 aromatic carbocycles. The third kappa shape index (κ3) is 1.54. The first-order valence-corrected chi connectivity index (χ1v) is 6.25. The van der Waals surface area contributed by atoms with Crippen LogP contribution in [0.2, 0.25) is 0 Å². The van der Waals surface area contributed by atoms with Crippen molar-refractivity contribution in [2.24, 2.45) is 0 Å². The predicted octanol–water partition coefficient (Wildman–Crippen LogP) is 1.55. The van der Waals surface area contributed by atoms with Gasteiger partial charge in [-0.3, -0.25) is 0 Å². The third-order valence-corrected chi connectivity index (χ3v) is 3.43. The normalized spacial score (nSPS) is 11.5. The predicted molar refractivity (Wildman–Crippen MR) is 64.6 cm³/mol. The van der Waals surface area contributed by atoms with Gasteiger partial charge in [-0.15, -0.1) is 15.3 Å². The van der Waals surface area contributed by atoms with Crippen LogP contribution in [0.5, 0.6) is 0 Å². The van der Waals surface area contributed by atoms with E-state index in [0.29, 0.717) is 0 Å². The van der Waals surface area contributed by atoms with Crippen molar-refractivity contribution in [3.05, 3.63) is 23.3 Å². The van der Waals surface area contributed by atoms with Gasteiger partial charge in [0.15, 0.2) is 5.82 Å². The zero-order chi connectivity index (χ0) is 12.0. The van der Waals surface area contributed by atoms with Crippen molar-refractivity contribution < 1.29 is 0 Å². The lowest BCUT2D eigenvalue weighted by Gasteiger charge is -1.96. The first kappa shape index (κ1) is 10.4. The number of rotatable bonds is 2. The minimum Gasteiger partial charge on any atom is -0.209 e. The lowest BCUT2D eigenvalue weighted by atomic mass is 10.4. The standard InChI is InChI=1S/C10H12N6S/c1-4-8-11-12-9-16(8)14-10(17-9)15-7(3)5-6(2)13-15/h5H,4H2,1-3H3. The van der Waals surface area contributed by atoms with Crippen LogP contribution in [0.15, 0.2) is 6.07 Å². The van der Waals surface area contributed by atoms with E-state index in [1.165, 1.54) is 11.3 Å². The van der Waals surface area contributed by atoms with Crippen LogP contribution in [0, 0.1) is 13.8 Å². The zero-order valence-corrected chi connectivity index (χ0v) is 10.7. The second-order valence-electron chi connectivity index (χ2n) is 3.89. The van der Waals surface area contributed by atoms with Crippen LogP contribution in [0.3, 0.4) is 0 Å². The maximum absolute atomic E-state index is 4.50. The second-order valence-corrected chi connectivity index (χ2v) is 4.82. The van der Waals surface area contributed by atoms with Crippen LogP contribution in [0.25, 0.3) is 10.1 Å². The summed E-state index contributed by atoms with van der Waals surface area (Å²) in [5, 5.41) is 17.9. The van der Waals surface area contributed by atoms with E-state index >= 15 is 0 Å². The Morgan fingerprint density at radius 1 is 1.24 bits per heavy atom. The van der Waals surface area contributed by atoms with Crippen molar-refractivity contribution in [1.82, 2.24) is 29.6 Å². The molecule has 0 atom stereocenters. The number of hydrogen-bond acceptors (Lipinski definition) is 5. The van der Waals surface area contributed by atoms with Crippen LogP contribution < -0.4 is 0 Å². The molecule has 3 aromatic heterocycles. The van der Waals surface area contributed by atoms with Crippen molar-refractivity contribution >= 4 is 16.3 Å². The molecule has 0 N–H and O–H groups in total. The Kier molecular flexibility index (Phi) is 2.22. The molecule has 7 heteroatoms. The number of fused-ring (bicyclic) bond motifs is 1. The van der Waals surface area contributed by atoms with E-state index < -0.39 is 0 Å². The van der Waals surface area contributed by atoms with E-state index in [1.54, 1.807) is 4.52 Å². The van der Waals surface area contributed by atoms with Gasteiger partial charge < -0.3 is 0 Å². The van der Waals surface area contributed by atoms with E-state index in [0.717, 1.165) is 33.7 Å². The summed E-state index contributed by atoms with van der Waals surface area (Å²) in [5.41, 5.74) is 2.06. The Bertz CT molecular complexity index is 676. The maximum atomic E-state index is 4.50. The van der Waals surface area contributed by atoms with E-state index in [-0.39, 0.29) is 0 Å². The highest BCUT2D eigenvalue weighted by Gasteiger charge is 2.13. The molecule has 0 saturated heterocycles. The van der Waals surface area contributed by atoms with E-state index in [1.807, 2.05) is 31.5 Å². The van der Waals surface area contributed by atoms with Gasteiger partial charge in [-0.1, -0.05) is 18.3 Å². The first-order chi connectivity index (χ1) is 8.19. The van der Waals surface area contributed by atoms with Crippen LogP contribution >= 0.6 is 11.3 Å². The highest BCUT2D eigenvalue weighted by molar-refractivity contribution is 7.18. The zero-order valence-electron chi connectivity index (χ0n) is 9.88. The highest BCUT2D eigenvalue weighted by atomic mass is 32.1. The van der Waals surface area contributed by atoms with Gasteiger partial charge in [0.05, 0.1) is 5.69 Å². The van der Waals surface area contributed by atoms with E-state index in [9.17, 15) is 0 Å². The van der Waals surface area contributed by atoms with E-state index in [4.69, 9.17) is 0 Å². The van der Waals surface area contributed by atoms with Crippen molar-refractivity contribution in [1.29, 1.82) is 0 Å². The Morgan fingerprint density at radius 3 is 2.71 bits per heavy atom. The van der Waals surface area contributed by atoms with Gasteiger partial charge in [-0.25, -0.2) is 4.68 Å². The summed E-state index contributed by atoms with van der Waals surface area (Å²) in [6.45, 7) is 6.03. The molecule has 0 aliphatic rings. The van der Waals surface area contributed by atoms with Gasteiger partial charge in [0.2, 0.25) is 10.1 Å². The molecule has 0 fully saturated rings. The number of aromatic nitrogens is 6. The summed E-state index contributed by atoms with van der Waals surface area (Å²) in [5.74, 6) is 0.879. The highest BCUT2D eigenvalue weighted by Crippen LogP contribution is 2.19. The molecule has 17 heavy (non-hydrogen) atoms. The lowest BCUT2D eigenvalue weighted by molar-refractivity contribution is 0.768. The summed E-state index contributed by atoms with van der Waals surface area (Å²) >= 11 is 1.49. The summed E-state index contributed by atoms with van der Waals surface area (Å²) in [6.07, 6.45) is 0.821. The SMILES string of the molecule is CCc1nnc2sc(-n3nc(C)cc3C)nn12. The summed E-state index contributed by atoms with van der Waals surface area (Å²) in [4.78, 5) is 0.810. The molecular formula is C10H12N6S. The molecule has 0 saturated carbocycles. The van der Waals surface area contributed by atoms with Gasteiger partial charge in [0.25, 0.3) is 0 Å².